The fourth-order valence-corrected chi connectivity index (χ4v) is 1.91. The molecule has 0 aliphatic rings. The summed E-state index contributed by atoms with van der Waals surface area (Å²) in [6.45, 7) is -1.63. The van der Waals surface area contributed by atoms with Gasteiger partial charge in [-0.05, 0) is 12.1 Å². The number of hydrogen-bond donors (Lipinski definition) is 2. The van der Waals surface area contributed by atoms with Crippen LogP contribution in [0.1, 0.15) is 0 Å². The number of nitrogen functional groups attached to an aromatic ring is 1. The normalized spacial score (nSPS) is 12.5. The van der Waals surface area contributed by atoms with Crippen LogP contribution in [0.5, 0.6) is 5.75 Å². The van der Waals surface area contributed by atoms with E-state index >= 15 is 0 Å². The lowest BCUT2D eigenvalue weighted by Crippen LogP contribution is -2.22. The lowest BCUT2D eigenvalue weighted by molar-refractivity contribution is -0.153. The maximum Gasteiger partial charge on any atom is 0.422 e. The maximum atomic E-state index is 11.9. The topological polar surface area (TPSA) is 95.4 Å². The molecule has 1 aromatic carbocycles. The number of primary sulfonamides is 1. The second-order valence-corrected chi connectivity index (χ2v) is 4.62. The maximum absolute atomic E-state index is 11.9. The Balaban J connectivity index is 3.13. The summed E-state index contributed by atoms with van der Waals surface area (Å²) in [5.74, 6) is -0.523. The predicted molar refractivity (Wildman–Crippen MR) is 53.8 cm³/mol. The SMILES string of the molecule is Nc1cccc(OCC(F)(F)F)c1S(N)(=O)=O. The minimum absolute atomic E-state index is 0.271. The highest BCUT2D eigenvalue weighted by atomic mass is 32.2. The van der Waals surface area contributed by atoms with Crippen molar-refractivity contribution in [2.75, 3.05) is 12.3 Å². The van der Waals surface area contributed by atoms with Crippen molar-refractivity contribution in [3.63, 3.8) is 0 Å². The van der Waals surface area contributed by atoms with Gasteiger partial charge in [0.15, 0.2) is 6.61 Å². The lowest BCUT2D eigenvalue weighted by Gasteiger charge is -2.13. The molecule has 17 heavy (non-hydrogen) atoms. The molecule has 0 spiro atoms. The van der Waals surface area contributed by atoms with Crippen LogP contribution in [0.15, 0.2) is 23.1 Å². The number of anilines is 1. The van der Waals surface area contributed by atoms with E-state index in [9.17, 15) is 21.6 Å². The molecule has 96 valence electrons. The summed E-state index contributed by atoms with van der Waals surface area (Å²) >= 11 is 0. The molecule has 0 bridgehead atoms. The van der Waals surface area contributed by atoms with E-state index < -0.39 is 33.5 Å². The molecule has 0 atom stereocenters. The summed E-state index contributed by atoms with van der Waals surface area (Å²) < 4.78 is 62.4. The number of halogens is 3. The molecule has 1 rings (SSSR count). The largest absolute Gasteiger partial charge is 0.483 e. The van der Waals surface area contributed by atoms with Gasteiger partial charge in [0.1, 0.15) is 10.6 Å². The molecular formula is C8H9F3N2O3S. The van der Waals surface area contributed by atoms with Gasteiger partial charge in [-0.1, -0.05) is 6.07 Å². The number of benzene rings is 1. The minimum atomic E-state index is -4.58. The zero-order valence-corrected chi connectivity index (χ0v) is 9.18. The Kier molecular flexibility index (Phi) is 3.53. The van der Waals surface area contributed by atoms with Gasteiger partial charge in [-0.3, -0.25) is 0 Å². The van der Waals surface area contributed by atoms with Gasteiger partial charge in [0.05, 0.1) is 5.69 Å². The molecule has 0 saturated carbocycles. The van der Waals surface area contributed by atoms with Gasteiger partial charge in [-0.2, -0.15) is 13.2 Å². The first-order valence-electron chi connectivity index (χ1n) is 4.22. The first-order chi connectivity index (χ1) is 7.61. The molecule has 0 unspecified atom stereocenters. The first kappa shape index (κ1) is 13.6. The van der Waals surface area contributed by atoms with Crippen molar-refractivity contribution in [2.24, 2.45) is 5.14 Å². The third-order valence-electron chi connectivity index (χ3n) is 1.69. The molecule has 0 saturated heterocycles. The Morgan fingerprint density at radius 3 is 2.35 bits per heavy atom. The molecule has 5 nitrogen and oxygen atoms in total. The van der Waals surface area contributed by atoms with E-state index in [0.29, 0.717) is 0 Å². The molecule has 1 aromatic rings. The highest BCUT2D eigenvalue weighted by Crippen LogP contribution is 2.29. The van der Waals surface area contributed by atoms with Crippen molar-refractivity contribution in [3.05, 3.63) is 18.2 Å². The number of sulfonamides is 1. The monoisotopic (exact) mass is 270 g/mol. The molecular weight excluding hydrogens is 261 g/mol. The van der Waals surface area contributed by atoms with E-state index in [1.54, 1.807) is 0 Å². The van der Waals surface area contributed by atoms with Gasteiger partial charge in [0, 0.05) is 0 Å². The molecule has 0 amide bonds. The summed E-state index contributed by atoms with van der Waals surface area (Å²) in [7, 11) is -4.25. The van der Waals surface area contributed by atoms with E-state index in [4.69, 9.17) is 10.9 Å². The fraction of sp³-hybridized carbons (Fsp3) is 0.250. The highest BCUT2D eigenvalue weighted by molar-refractivity contribution is 7.89. The van der Waals surface area contributed by atoms with Crippen molar-refractivity contribution in [1.29, 1.82) is 0 Å². The molecule has 0 aliphatic carbocycles. The zero-order chi connectivity index (χ0) is 13.3. The van der Waals surface area contributed by atoms with Crippen molar-refractivity contribution in [1.82, 2.24) is 0 Å². The van der Waals surface area contributed by atoms with Crippen LogP contribution in [0.4, 0.5) is 18.9 Å². The van der Waals surface area contributed by atoms with E-state index in [-0.39, 0.29) is 5.69 Å². The van der Waals surface area contributed by atoms with Gasteiger partial charge in [-0.25, -0.2) is 13.6 Å². The van der Waals surface area contributed by atoms with Gasteiger partial charge in [-0.15, -0.1) is 0 Å². The number of hydrogen-bond acceptors (Lipinski definition) is 4. The van der Waals surface area contributed by atoms with Crippen LogP contribution in [-0.4, -0.2) is 21.2 Å². The van der Waals surface area contributed by atoms with Crippen LogP contribution in [-0.2, 0) is 10.0 Å². The van der Waals surface area contributed by atoms with Gasteiger partial charge in [0.2, 0.25) is 10.0 Å². The van der Waals surface area contributed by atoms with E-state index in [0.717, 1.165) is 6.07 Å². The molecule has 0 fully saturated rings. The quantitative estimate of drug-likeness (QED) is 0.796. The predicted octanol–water partition coefficient (Wildman–Crippen LogP) is 0.857. The van der Waals surface area contributed by atoms with Gasteiger partial charge < -0.3 is 10.5 Å². The molecule has 0 aromatic heterocycles. The summed E-state index contributed by atoms with van der Waals surface area (Å²) in [5.41, 5.74) is 5.06. The highest BCUT2D eigenvalue weighted by Gasteiger charge is 2.30. The van der Waals surface area contributed by atoms with Crippen molar-refractivity contribution in [3.8, 4) is 5.75 Å². The van der Waals surface area contributed by atoms with Gasteiger partial charge >= 0.3 is 6.18 Å². The summed E-state index contributed by atoms with van der Waals surface area (Å²) in [6, 6.07) is 3.50. The number of ether oxygens (including phenoxy) is 1. The third kappa shape index (κ3) is 3.79. The number of nitrogens with two attached hydrogens (primary N) is 2. The smallest absolute Gasteiger partial charge is 0.422 e. The van der Waals surface area contributed by atoms with Crippen molar-refractivity contribution >= 4 is 15.7 Å². The van der Waals surface area contributed by atoms with E-state index in [1.165, 1.54) is 12.1 Å². The van der Waals surface area contributed by atoms with Crippen LogP contribution in [0, 0.1) is 0 Å². The van der Waals surface area contributed by atoms with Crippen LogP contribution >= 0.6 is 0 Å². The van der Waals surface area contributed by atoms with E-state index in [2.05, 4.69) is 4.74 Å². The van der Waals surface area contributed by atoms with Crippen molar-refractivity contribution in [2.45, 2.75) is 11.1 Å². The Labute approximate surface area is 95.2 Å². The summed E-state index contributed by atoms with van der Waals surface area (Å²) in [5, 5.41) is 4.83. The average Bonchev–Trinajstić information content (AvgIpc) is 2.11. The second-order valence-electron chi connectivity index (χ2n) is 3.12. The zero-order valence-electron chi connectivity index (χ0n) is 8.36. The molecule has 4 N–H and O–H groups in total. The third-order valence-corrected chi connectivity index (χ3v) is 2.69. The number of alkyl halides is 3. The second kappa shape index (κ2) is 4.41. The van der Waals surface area contributed by atoms with E-state index in [1.807, 2.05) is 0 Å². The molecule has 0 aliphatic heterocycles. The number of rotatable bonds is 3. The summed E-state index contributed by atoms with van der Waals surface area (Å²) in [4.78, 5) is -0.649. The Bertz CT molecular complexity index is 513. The van der Waals surface area contributed by atoms with Crippen LogP contribution < -0.4 is 15.6 Å². The summed E-state index contributed by atoms with van der Waals surface area (Å²) in [6.07, 6.45) is -4.58. The Morgan fingerprint density at radius 1 is 1.29 bits per heavy atom. The average molecular weight is 270 g/mol. The molecule has 0 heterocycles. The van der Waals surface area contributed by atoms with Crippen LogP contribution in [0.25, 0.3) is 0 Å². The van der Waals surface area contributed by atoms with Gasteiger partial charge in [0.25, 0.3) is 0 Å². The standard InChI is InChI=1S/C8H9F3N2O3S/c9-8(10,11)4-16-6-3-1-2-5(12)7(6)17(13,14)15/h1-3H,4,12H2,(H2,13,14,15). The fourth-order valence-electron chi connectivity index (χ4n) is 1.11. The van der Waals surface area contributed by atoms with Crippen molar-refractivity contribution < 1.29 is 26.3 Å². The first-order valence-corrected chi connectivity index (χ1v) is 5.77. The Hall–Kier alpha value is -1.48. The minimum Gasteiger partial charge on any atom is -0.483 e. The molecule has 9 heteroatoms. The molecule has 0 radical (unpaired) electrons. The van der Waals surface area contributed by atoms with Crippen LogP contribution in [0.2, 0.25) is 0 Å². The Morgan fingerprint density at radius 2 is 1.88 bits per heavy atom. The van der Waals surface area contributed by atoms with Crippen LogP contribution in [0.3, 0.4) is 0 Å². The lowest BCUT2D eigenvalue weighted by atomic mass is 10.3.